The number of rotatable bonds is 6. The monoisotopic (exact) mass is 267 g/mol. The van der Waals surface area contributed by atoms with Crippen molar-refractivity contribution in [2.24, 2.45) is 0 Å². The van der Waals surface area contributed by atoms with E-state index in [1.807, 2.05) is 17.5 Å². The van der Waals surface area contributed by atoms with E-state index in [0.29, 0.717) is 0 Å². The van der Waals surface area contributed by atoms with E-state index in [4.69, 9.17) is 4.74 Å². The van der Waals surface area contributed by atoms with Gasteiger partial charge in [0.15, 0.2) is 0 Å². The molecule has 1 aromatic rings. The Morgan fingerprint density at radius 1 is 1.39 bits per heavy atom. The summed E-state index contributed by atoms with van der Waals surface area (Å²) < 4.78 is 5.35. The van der Waals surface area contributed by atoms with Crippen LogP contribution in [0.5, 0.6) is 0 Å². The fourth-order valence-corrected chi connectivity index (χ4v) is 3.02. The largest absolute Gasteiger partial charge is 0.379 e. The summed E-state index contributed by atoms with van der Waals surface area (Å²) in [6.07, 6.45) is 5.81. The zero-order chi connectivity index (χ0) is 12.2. The second-order valence-corrected chi connectivity index (χ2v) is 6.28. The smallest absolute Gasteiger partial charge is 0.0940 e. The molecule has 1 saturated carbocycles. The number of hydrogen-bond donors (Lipinski definition) is 1. The van der Waals surface area contributed by atoms with Crippen molar-refractivity contribution in [3.63, 3.8) is 0 Å². The van der Waals surface area contributed by atoms with Crippen molar-refractivity contribution in [1.29, 1.82) is 0 Å². The van der Waals surface area contributed by atoms with Gasteiger partial charge in [-0.05, 0) is 12.8 Å². The lowest BCUT2D eigenvalue weighted by molar-refractivity contribution is 0.0384. The van der Waals surface area contributed by atoms with E-state index in [1.165, 1.54) is 22.7 Å². The Labute approximate surface area is 112 Å². The third-order valence-electron chi connectivity index (χ3n) is 3.49. The highest BCUT2D eigenvalue weighted by atomic mass is 32.1. The Morgan fingerprint density at radius 3 is 3.00 bits per heavy atom. The molecule has 18 heavy (non-hydrogen) atoms. The first kappa shape index (κ1) is 12.5. The lowest BCUT2D eigenvalue weighted by Gasteiger charge is -2.25. The van der Waals surface area contributed by atoms with Crippen LogP contribution in [0, 0.1) is 0 Å². The highest BCUT2D eigenvalue weighted by Gasteiger charge is 2.20. The lowest BCUT2D eigenvalue weighted by atomic mass is 10.3. The molecule has 0 atom stereocenters. The first-order valence-corrected chi connectivity index (χ1v) is 7.69. The summed E-state index contributed by atoms with van der Waals surface area (Å²) in [5.74, 6) is 0. The standard InChI is InChI=1S/C13H21N3OS/c1-2-11(1)14-9-12-10-15-13(18-12)3-4-16-5-7-17-8-6-16/h10-11,14H,1-9H2. The van der Waals surface area contributed by atoms with Gasteiger partial charge in [-0.3, -0.25) is 4.90 Å². The average Bonchev–Trinajstić information content (AvgIpc) is 3.14. The minimum atomic E-state index is 0.781. The van der Waals surface area contributed by atoms with Crippen molar-refractivity contribution in [3.05, 3.63) is 16.1 Å². The molecule has 5 heteroatoms. The summed E-state index contributed by atoms with van der Waals surface area (Å²) in [6, 6.07) is 0.781. The number of hydrogen-bond acceptors (Lipinski definition) is 5. The molecule has 0 spiro atoms. The number of thiazole rings is 1. The van der Waals surface area contributed by atoms with E-state index >= 15 is 0 Å². The van der Waals surface area contributed by atoms with Crippen LogP contribution in [0.1, 0.15) is 22.7 Å². The summed E-state index contributed by atoms with van der Waals surface area (Å²) in [5.41, 5.74) is 0. The van der Waals surface area contributed by atoms with Gasteiger partial charge in [0.25, 0.3) is 0 Å². The van der Waals surface area contributed by atoms with Crippen LogP contribution >= 0.6 is 11.3 Å². The summed E-state index contributed by atoms with van der Waals surface area (Å²) in [7, 11) is 0. The predicted octanol–water partition coefficient (Wildman–Crippen LogP) is 1.27. The molecule has 0 amide bonds. The van der Waals surface area contributed by atoms with Gasteiger partial charge in [-0.2, -0.15) is 0 Å². The number of nitrogens with one attached hydrogen (secondary N) is 1. The van der Waals surface area contributed by atoms with Gasteiger partial charge < -0.3 is 10.1 Å². The van der Waals surface area contributed by atoms with Gasteiger partial charge in [0.1, 0.15) is 0 Å². The van der Waals surface area contributed by atoms with Gasteiger partial charge in [0.05, 0.1) is 18.2 Å². The van der Waals surface area contributed by atoms with E-state index in [0.717, 1.165) is 51.9 Å². The van der Waals surface area contributed by atoms with E-state index in [1.54, 1.807) is 0 Å². The van der Waals surface area contributed by atoms with E-state index in [2.05, 4.69) is 15.2 Å². The van der Waals surface area contributed by atoms with Crippen LogP contribution in [0.25, 0.3) is 0 Å². The number of ether oxygens (including phenoxy) is 1. The molecular formula is C13H21N3OS. The van der Waals surface area contributed by atoms with Crippen molar-refractivity contribution in [2.75, 3.05) is 32.8 Å². The van der Waals surface area contributed by atoms with Crippen LogP contribution in [0.3, 0.4) is 0 Å². The third-order valence-corrected chi connectivity index (χ3v) is 4.55. The SMILES string of the molecule is c1nc(CCN2CCOCC2)sc1CNC1CC1. The van der Waals surface area contributed by atoms with Crippen LogP contribution < -0.4 is 5.32 Å². The summed E-state index contributed by atoms with van der Waals surface area (Å²) in [6.45, 7) is 6.03. The maximum atomic E-state index is 5.35. The maximum absolute atomic E-state index is 5.35. The van der Waals surface area contributed by atoms with Crippen molar-refractivity contribution in [1.82, 2.24) is 15.2 Å². The molecule has 3 rings (SSSR count). The molecule has 0 aromatic carbocycles. The number of aromatic nitrogens is 1. The molecule has 2 fully saturated rings. The normalized spacial score (nSPS) is 21.3. The van der Waals surface area contributed by atoms with E-state index < -0.39 is 0 Å². The average molecular weight is 267 g/mol. The number of nitrogens with zero attached hydrogens (tertiary/aromatic N) is 2. The van der Waals surface area contributed by atoms with Crippen molar-refractivity contribution < 1.29 is 4.74 Å². The molecule has 1 saturated heterocycles. The molecule has 2 aliphatic rings. The molecular weight excluding hydrogens is 246 g/mol. The minimum absolute atomic E-state index is 0.781. The summed E-state index contributed by atoms with van der Waals surface area (Å²) >= 11 is 1.86. The van der Waals surface area contributed by atoms with E-state index in [9.17, 15) is 0 Å². The molecule has 1 aromatic heterocycles. The zero-order valence-corrected chi connectivity index (χ0v) is 11.5. The fraction of sp³-hybridized carbons (Fsp3) is 0.769. The first-order chi connectivity index (χ1) is 8.90. The maximum Gasteiger partial charge on any atom is 0.0940 e. The molecule has 4 nitrogen and oxygen atoms in total. The van der Waals surface area contributed by atoms with Gasteiger partial charge in [0.2, 0.25) is 0 Å². The zero-order valence-electron chi connectivity index (χ0n) is 10.7. The molecule has 1 aliphatic heterocycles. The van der Waals surface area contributed by atoms with Crippen molar-refractivity contribution in [2.45, 2.75) is 31.8 Å². The Kier molecular flexibility index (Phi) is 4.25. The van der Waals surface area contributed by atoms with Crippen molar-refractivity contribution >= 4 is 11.3 Å². The topological polar surface area (TPSA) is 37.4 Å². The molecule has 1 aliphatic carbocycles. The van der Waals surface area contributed by atoms with Gasteiger partial charge in [-0.1, -0.05) is 0 Å². The Balaban J connectivity index is 1.41. The van der Waals surface area contributed by atoms with Crippen LogP contribution in [0.4, 0.5) is 0 Å². The van der Waals surface area contributed by atoms with Gasteiger partial charge >= 0.3 is 0 Å². The Hall–Kier alpha value is -0.490. The Morgan fingerprint density at radius 2 is 2.22 bits per heavy atom. The second kappa shape index (κ2) is 6.10. The van der Waals surface area contributed by atoms with Crippen LogP contribution in [-0.2, 0) is 17.7 Å². The summed E-state index contributed by atoms with van der Waals surface area (Å²) in [5, 5.41) is 4.81. The van der Waals surface area contributed by atoms with Gasteiger partial charge in [0, 0.05) is 49.7 Å². The van der Waals surface area contributed by atoms with Crippen LogP contribution in [0.15, 0.2) is 6.20 Å². The summed E-state index contributed by atoms with van der Waals surface area (Å²) in [4.78, 5) is 8.36. The van der Waals surface area contributed by atoms with Gasteiger partial charge in [-0.25, -0.2) is 4.98 Å². The fourth-order valence-electron chi connectivity index (χ4n) is 2.16. The van der Waals surface area contributed by atoms with E-state index in [-0.39, 0.29) is 0 Å². The lowest BCUT2D eigenvalue weighted by Crippen LogP contribution is -2.37. The van der Waals surface area contributed by atoms with Crippen LogP contribution in [-0.4, -0.2) is 48.8 Å². The first-order valence-electron chi connectivity index (χ1n) is 6.87. The van der Waals surface area contributed by atoms with Crippen LogP contribution in [0.2, 0.25) is 0 Å². The second-order valence-electron chi connectivity index (χ2n) is 5.08. The molecule has 0 unspecified atom stereocenters. The number of morpholine rings is 1. The molecule has 100 valence electrons. The predicted molar refractivity (Wildman–Crippen MR) is 72.9 cm³/mol. The minimum Gasteiger partial charge on any atom is -0.379 e. The third kappa shape index (κ3) is 3.75. The molecule has 2 heterocycles. The van der Waals surface area contributed by atoms with Crippen molar-refractivity contribution in [3.8, 4) is 0 Å². The molecule has 0 bridgehead atoms. The highest BCUT2D eigenvalue weighted by Crippen LogP contribution is 2.21. The molecule has 1 N–H and O–H groups in total. The van der Waals surface area contributed by atoms with Gasteiger partial charge in [-0.15, -0.1) is 11.3 Å². The Bertz CT molecular complexity index is 372. The quantitative estimate of drug-likeness (QED) is 0.842. The molecule has 0 radical (unpaired) electrons. The highest BCUT2D eigenvalue weighted by molar-refractivity contribution is 7.11.